The van der Waals surface area contributed by atoms with Crippen molar-refractivity contribution in [2.24, 2.45) is 0 Å². The Kier molecular flexibility index (Phi) is 7.01. The molecule has 0 aliphatic carbocycles. The summed E-state index contributed by atoms with van der Waals surface area (Å²) >= 11 is 0. The van der Waals surface area contributed by atoms with E-state index in [-0.39, 0.29) is 12.5 Å². The number of hydrogen-bond donors (Lipinski definition) is 0. The van der Waals surface area contributed by atoms with Crippen LogP contribution in [0.15, 0.2) is 30.3 Å². The van der Waals surface area contributed by atoms with Crippen LogP contribution in [-0.2, 0) is 14.3 Å². The zero-order valence-electron chi connectivity index (χ0n) is 12.7. The van der Waals surface area contributed by atoms with E-state index in [2.05, 4.69) is 4.74 Å². The fourth-order valence-electron chi connectivity index (χ4n) is 1.68. The molecule has 0 bridgehead atoms. The van der Waals surface area contributed by atoms with E-state index >= 15 is 0 Å². The van der Waals surface area contributed by atoms with Crippen molar-refractivity contribution >= 4 is 18.0 Å². The molecule has 0 saturated heterocycles. The Hall–Kier alpha value is -2.30. The first-order valence-electron chi connectivity index (χ1n) is 6.87. The van der Waals surface area contributed by atoms with Gasteiger partial charge in [0.1, 0.15) is 12.3 Å². The van der Waals surface area contributed by atoms with Gasteiger partial charge in [0.15, 0.2) is 0 Å². The van der Waals surface area contributed by atoms with Crippen LogP contribution in [0.5, 0.6) is 5.75 Å². The smallest absolute Gasteiger partial charge is 0.325 e. The van der Waals surface area contributed by atoms with Crippen molar-refractivity contribution in [1.29, 1.82) is 0 Å². The van der Waals surface area contributed by atoms with Gasteiger partial charge in [0, 0.05) is 12.6 Å². The molecule has 0 aromatic heterocycles. The molecule has 0 aliphatic heterocycles. The van der Waals surface area contributed by atoms with Crippen LogP contribution in [0.25, 0.3) is 6.08 Å². The molecule has 1 aromatic carbocycles. The molecule has 21 heavy (non-hydrogen) atoms. The number of amides is 1. The Bertz CT molecular complexity index is 494. The number of esters is 1. The Balaban J connectivity index is 2.65. The molecule has 0 aliphatic rings. The van der Waals surface area contributed by atoms with Crippen molar-refractivity contribution in [3.8, 4) is 5.75 Å². The molecule has 5 heteroatoms. The number of methoxy groups -OCH3 is 1. The molecule has 1 amide bonds. The zero-order chi connectivity index (χ0) is 15.7. The molecule has 1 rings (SSSR count). The van der Waals surface area contributed by atoms with Crippen molar-refractivity contribution in [3.05, 3.63) is 35.9 Å². The van der Waals surface area contributed by atoms with Crippen LogP contribution in [0.3, 0.4) is 0 Å². The normalized spacial score (nSPS) is 10.4. The Morgan fingerprint density at radius 2 is 1.86 bits per heavy atom. The largest absolute Gasteiger partial charge is 0.494 e. The van der Waals surface area contributed by atoms with Crippen LogP contribution in [-0.4, -0.2) is 43.6 Å². The van der Waals surface area contributed by atoms with Gasteiger partial charge in [-0.3, -0.25) is 9.59 Å². The van der Waals surface area contributed by atoms with Crippen molar-refractivity contribution < 1.29 is 19.1 Å². The van der Waals surface area contributed by atoms with E-state index in [1.54, 1.807) is 6.08 Å². The van der Waals surface area contributed by atoms with Gasteiger partial charge in [0.2, 0.25) is 5.91 Å². The standard InChI is InChI=1S/C16H21NO4/c1-4-17(12-16(19)20-3)15(18)11-8-13-6-9-14(10-7-13)21-5-2/h6-11H,4-5,12H2,1-3H3. The van der Waals surface area contributed by atoms with Crippen LogP contribution in [0.4, 0.5) is 0 Å². The summed E-state index contributed by atoms with van der Waals surface area (Å²) in [5.41, 5.74) is 0.890. The molecule has 0 radical (unpaired) electrons. The second-order valence-corrected chi connectivity index (χ2v) is 4.26. The summed E-state index contributed by atoms with van der Waals surface area (Å²) in [6.45, 7) is 4.76. The Morgan fingerprint density at radius 3 is 2.38 bits per heavy atom. The first-order chi connectivity index (χ1) is 10.1. The number of benzene rings is 1. The van der Waals surface area contributed by atoms with E-state index in [1.165, 1.54) is 18.1 Å². The number of carbonyl (C=O) groups is 2. The molecule has 0 atom stereocenters. The third-order valence-electron chi connectivity index (χ3n) is 2.85. The molecular formula is C16H21NO4. The molecule has 0 saturated carbocycles. The lowest BCUT2D eigenvalue weighted by molar-refractivity contribution is -0.145. The monoisotopic (exact) mass is 291 g/mol. The summed E-state index contributed by atoms with van der Waals surface area (Å²) in [4.78, 5) is 24.6. The van der Waals surface area contributed by atoms with Gasteiger partial charge in [-0.2, -0.15) is 0 Å². The zero-order valence-corrected chi connectivity index (χ0v) is 12.7. The van der Waals surface area contributed by atoms with Gasteiger partial charge < -0.3 is 14.4 Å². The van der Waals surface area contributed by atoms with Crippen molar-refractivity contribution in [1.82, 2.24) is 4.90 Å². The number of rotatable bonds is 7. The topological polar surface area (TPSA) is 55.8 Å². The van der Waals surface area contributed by atoms with Gasteiger partial charge in [0.05, 0.1) is 13.7 Å². The maximum Gasteiger partial charge on any atom is 0.325 e. The van der Waals surface area contributed by atoms with E-state index < -0.39 is 5.97 Å². The molecule has 0 spiro atoms. The minimum absolute atomic E-state index is 0.0422. The van der Waals surface area contributed by atoms with Gasteiger partial charge in [-0.1, -0.05) is 12.1 Å². The maximum atomic E-state index is 12.0. The molecule has 0 heterocycles. The van der Waals surface area contributed by atoms with E-state index in [9.17, 15) is 9.59 Å². The van der Waals surface area contributed by atoms with Gasteiger partial charge >= 0.3 is 5.97 Å². The Morgan fingerprint density at radius 1 is 1.19 bits per heavy atom. The third kappa shape index (κ3) is 5.69. The number of carbonyl (C=O) groups excluding carboxylic acids is 2. The van der Waals surface area contributed by atoms with Gasteiger partial charge in [0.25, 0.3) is 0 Å². The summed E-state index contributed by atoms with van der Waals surface area (Å²) < 4.78 is 9.91. The van der Waals surface area contributed by atoms with E-state index in [4.69, 9.17) is 4.74 Å². The minimum Gasteiger partial charge on any atom is -0.494 e. The number of hydrogen-bond acceptors (Lipinski definition) is 4. The maximum absolute atomic E-state index is 12.0. The van der Waals surface area contributed by atoms with Crippen LogP contribution in [0, 0.1) is 0 Å². The average Bonchev–Trinajstić information content (AvgIpc) is 2.51. The van der Waals surface area contributed by atoms with Gasteiger partial charge in [-0.25, -0.2) is 0 Å². The van der Waals surface area contributed by atoms with E-state index in [0.717, 1.165) is 11.3 Å². The quantitative estimate of drug-likeness (QED) is 0.570. The average molecular weight is 291 g/mol. The molecular weight excluding hydrogens is 270 g/mol. The van der Waals surface area contributed by atoms with Gasteiger partial charge in [-0.05, 0) is 37.6 Å². The first-order valence-corrected chi connectivity index (χ1v) is 6.87. The second kappa shape index (κ2) is 8.79. The van der Waals surface area contributed by atoms with E-state index in [0.29, 0.717) is 13.2 Å². The lowest BCUT2D eigenvalue weighted by Crippen LogP contribution is -2.34. The summed E-state index contributed by atoms with van der Waals surface area (Å²) in [7, 11) is 1.30. The van der Waals surface area contributed by atoms with Crippen molar-refractivity contribution in [3.63, 3.8) is 0 Å². The molecule has 1 aromatic rings. The van der Waals surface area contributed by atoms with Crippen LogP contribution < -0.4 is 4.74 Å². The molecule has 0 unspecified atom stereocenters. The highest BCUT2D eigenvalue weighted by Gasteiger charge is 2.12. The highest BCUT2D eigenvalue weighted by atomic mass is 16.5. The summed E-state index contributed by atoms with van der Waals surface area (Å²) in [5.74, 6) is 0.137. The lowest BCUT2D eigenvalue weighted by atomic mass is 10.2. The number of likely N-dealkylation sites (N-methyl/N-ethyl adjacent to an activating group) is 1. The minimum atomic E-state index is -0.431. The van der Waals surface area contributed by atoms with Crippen molar-refractivity contribution in [2.75, 3.05) is 26.8 Å². The second-order valence-electron chi connectivity index (χ2n) is 4.26. The van der Waals surface area contributed by atoms with Crippen LogP contribution >= 0.6 is 0 Å². The predicted octanol–water partition coefficient (Wildman–Crippen LogP) is 2.12. The molecule has 0 N–H and O–H groups in total. The molecule has 5 nitrogen and oxygen atoms in total. The van der Waals surface area contributed by atoms with Crippen molar-refractivity contribution in [2.45, 2.75) is 13.8 Å². The van der Waals surface area contributed by atoms with Gasteiger partial charge in [-0.15, -0.1) is 0 Å². The third-order valence-corrected chi connectivity index (χ3v) is 2.85. The molecule has 0 fully saturated rings. The highest BCUT2D eigenvalue weighted by Crippen LogP contribution is 2.13. The summed E-state index contributed by atoms with van der Waals surface area (Å²) in [6.07, 6.45) is 3.15. The van der Waals surface area contributed by atoms with Crippen LogP contribution in [0.2, 0.25) is 0 Å². The fraction of sp³-hybridized carbons (Fsp3) is 0.375. The number of ether oxygens (including phenoxy) is 2. The Labute approximate surface area is 125 Å². The van der Waals surface area contributed by atoms with E-state index in [1.807, 2.05) is 38.1 Å². The summed E-state index contributed by atoms with van der Waals surface area (Å²) in [6, 6.07) is 7.43. The van der Waals surface area contributed by atoms with Crippen LogP contribution in [0.1, 0.15) is 19.4 Å². The predicted molar refractivity (Wildman–Crippen MR) is 80.9 cm³/mol. The highest BCUT2D eigenvalue weighted by molar-refractivity contribution is 5.93. The first kappa shape index (κ1) is 16.8. The molecule has 114 valence electrons. The SMILES string of the molecule is CCOc1ccc(C=CC(=O)N(CC)CC(=O)OC)cc1. The fourth-order valence-corrected chi connectivity index (χ4v) is 1.68. The lowest BCUT2D eigenvalue weighted by Gasteiger charge is -2.17. The number of nitrogens with zero attached hydrogens (tertiary/aromatic N) is 1. The summed E-state index contributed by atoms with van der Waals surface area (Å²) in [5, 5.41) is 0.